The molecule has 0 bridgehead atoms. The van der Waals surface area contributed by atoms with E-state index in [1.807, 2.05) is 37.3 Å². The molecule has 1 aliphatic heterocycles. The third-order valence-corrected chi connectivity index (χ3v) is 5.84. The van der Waals surface area contributed by atoms with Crippen molar-refractivity contribution in [3.05, 3.63) is 59.2 Å². The maximum absolute atomic E-state index is 12.9. The minimum absolute atomic E-state index is 0.0344. The zero-order chi connectivity index (χ0) is 22.4. The number of hydrogen-bond donors (Lipinski definition) is 1. The van der Waals surface area contributed by atoms with Crippen LogP contribution in [-0.4, -0.2) is 43.3 Å². The largest absolute Gasteiger partial charge is 0.495 e. The van der Waals surface area contributed by atoms with Gasteiger partial charge in [-0.05, 0) is 68.5 Å². The molecule has 1 saturated heterocycles. The highest BCUT2D eigenvalue weighted by molar-refractivity contribution is 5.98. The number of benzene rings is 2. The Kier molecular flexibility index (Phi) is 7.85. The van der Waals surface area contributed by atoms with E-state index in [1.165, 1.54) is 5.56 Å². The summed E-state index contributed by atoms with van der Waals surface area (Å²) in [5, 5.41) is 2.96. The van der Waals surface area contributed by atoms with Gasteiger partial charge in [0, 0.05) is 11.5 Å². The van der Waals surface area contributed by atoms with Crippen molar-refractivity contribution in [2.45, 2.75) is 40.0 Å². The average Bonchev–Trinajstić information content (AvgIpc) is 2.74. The summed E-state index contributed by atoms with van der Waals surface area (Å²) in [7, 11) is 1.60. The summed E-state index contributed by atoms with van der Waals surface area (Å²) >= 11 is 0. The number of piperidine rings is 1. The lowest BCUT2D eigenvalue weighted by atomic mass is 9.88. The molecule has 0 aromatic heterocycles. The van der Waals surface area contributed by atoms with Gasteiger partial charge in [-0.25, -0.2) is 0 Å². The van der Waals surface area contributed by atoms with Crippen molar-refractivity contribution < 1.29 is 14.3 Å². The molecule has 0 radical (unpaired) electrons. The maximum atomic E-state index is 12.9. The second-order valence-corrected chi connectivity index (χ2v) is 8.96. The summed E-state index contributed by atoms with van der Waals surface area (Å²) in [6.45, 7) is 8.20. The number of rotatable bonds is 8. The molecule has 166 valence electrons. The second kappa shape index (κ2) is 10.6. The van der Waals surface area contributed by atoms with E-state index in [-0.39, 0.29) is 17.6 Å². The molecule has 0 saturated carbocycles. The zero-order valence-electron chi connectivity index (χ0n) is 19.1. The number of likely N-dealkylation sites (tertiary alicyclic amines) is 1. The Balaban J connectivity index is 1.49. The molecule has 5 nitrogen and oxygen atoms in total. The highest BCUT2D eigenvalue weighted by Gasteiger charge is 2.26. The Morgan fingerprint density at radius 3 is 2.39 bits per heavy atom. The van der Waals surface area contributed by atoms with Gasteiger partial charge >= 0.3 is 0 Å². The van der Waals surface area contributed by atoms with Crippen LogP contribution >= 0.6 is 0 Å². The average molecular weight is 423 g/mol. The number of anilines is 1. The summed E-state index contributed by atoms with van der Waals surface area (Å²) in [6.07, 6.45) is 2.60. The molecule has 5 heteroatoms. The molecule has 0 aliphatic carbocycles. The monoisotopic (exact) mass is 422 g/mol. The molecule has 1 heterocycles. The fourth-order valence-electron chi connectivity index (χ4n) is 4.18. The van der Waals surface area contributed by atoms with Crippen LogP contribution in [0.15, 0.2) is 42.5 Å². The first-order valence-corrected chi connectivity index (χ1v) is 11.2. The third kappa shape index (κ3) is 6.41. The van der Waals surface area contributed by atoms with Crippen molar-refractivity contribution >= 4 is 17.4 Å². The molecule has 0 unspecified atom stereocenters. The van der Waals surface area contributed by atoms with Crippen molar-refractivity contribution in [1.29, 1.82) is 0 Å². The van der Waals surface area contributed by atoms with Crippen LogP contribution in [0.1, 0.15) is 48.2 Å². The van der Waals surface area contributed by atoms with E-state index in [4.69, 9.17) is 4.74 Å². The lowest BCUT2D eigenvalue weighted by Crippen LogP contribution is -2.40. The number of nitrogens with zero attached hydrogens (tertiary/aromatic N) is 1. The van der Waals surface area contributed by atoms with Gasteiger partial charge in [-0.1, -0.05) is 44.2 Å². The van der Waals surface area contributed by atoms with Crippen molar-refractivity contribution in [2.24, 2.45) is 11.8 Å². The summed E-state index contributed by atoms with van der Waals surface area (Å²) in [5.41, 5.74) is 3.83. The number of hydrogen-bond acceptors (Lipinski definition) is 4. The van der Waals surface area contributed by atoms with E-state index in [1.54, 1.807) is 7.11 Å². The molecule has 1 amide bonds. The quantitative estimate of drug-likeness (QED) is 0.625. The molecule has 2 aromatic carbocycles. The minimum atomic E-state index is -0.0607. The summed E-state index contributed by atoms with van der Waals surface area (Å²) in [6, 6.07) is 13.8. The summed E-state index contributed by atoms with van der Waals surface area (Å²) < 4.78 is 5.33. The Labute approximate surface area is 185 Å². The van der Waals surface area contributed by atoms with E-state index in [0.29, 0.717) is 23.9 Å². The first kappa shape index (κ1) is 23.0. The predicted molar refractivity (Wildman–Crippen MR) is 125 cm³/mol. The van der Waals surface area contributed by atoms with Crippen molar-refractivity contribution in [2.75, 3.05) is 32.1 Å². The maximum Gasteiger partial charge on any atom is 0.238 e. The van der Waals surface area contributed by atoms with Crippen LogP contribution in [0.4, 0.5) is 5.69 Å². The number of carbonyl (C=O) groups is 2. The highest BCUT2D eigenvalue weighted by Crippen LogP contribution is 2.26. The fourth-order valence-corrected chi connectivity index (χ4v) is 4.18. The Morgan fingerprint density at radius 2 is 1.77 bits per heavy atom. The van der Waals surface area contributed by atoms with Gasteiger partial charge in [-0.2, -0.15) is 0 Å². The molecule has 2 aromatic rings. The lowest BCUT2D eigenvalue weighted by molar-refractivity contribution is -0.117. The number of nitrogens with one attached hydrogen (secondary N) is 1. The van der Waals surface area contributed by atoms with E-state index in [2.05, 4.69) is 36.2 Å². The number of ether oxygens (including phenoxy) is 1. The molecule has 1 aliphatic rings. The molecule has 1 fully saturated rings. The molecular weight excluding hydrogens is 388 g/mol. The van der Waals surface area contributed by atoms with Gasteiger partial charge < -0.3 is 10.1 Å². The summed E-state index contributed by atoms with van der Waals surface area (Å²) in [5.74, 6) is 1.46. The molecule has 31 heavy (non-hydrogen) atoms. The minimum Gasteiger partial charge on any atom is -0.495 e. The highest BCUT2D eigenvalue weighted by atomic mass is 16.5. The number of amides is 1. The van der Waals surface area contributed by atoms with E-state index in [0.717, 1.165) is 43.5 Å². The van der Waals surface area contributed by atoms with Gasteiger partial charge in [-0.3, -0.25) is 14.5 Å². The fraction of sp³-hybridized carbons (Fsp3) is 0.462. The van der Waals surface area contributed by atoms with E-state index < -0.39 is 0 Å². The first-order chi connectivity index (χ1) is 14.9. The zero-order valence-corrected chi connectivity index (χ0v) is 19.1. The van der Waals surface area contributed by atoms with Gasteiger partial charge in [0.25, 0.3) is 0 Å². The van der Waals surface area contributed by atoms with Crippen LogP contribution in [0.5, 0.6) is 5.75 Å². The van der Waals surface area contributed by atoms with Crippen LogP contribution in [0.3, 0.4) is 0 Å². The molecule has 0 atom stereocenters. The van der Waals surface area contributed by atoms with Crippen LogP contribution in [-0.2, 0) is 11.2 Å². The topological polar surface area (TPSA) is 58.6 Å². The second-order valence-electron chi connectivity index (χ2n) is 8.96. The predicted octanol–water partition coefficient (Wildman–Crippen LogP) is 4.74. The van der Waals surface area contributed by atoms with Gasteiger partial charge in [0.15, 0.2) is 5.78 Å². The Hall–Kier alpha value is -2.66. The molecule has 0 spiro atoms. The van der Waals surface area contributed by atoms with E-state index >= 15 is 0 Å². The Bertz CT molecular complexity index is 897. The number of carbonyl (C=O) groups excluding carboxylic acids is 2. The Morgan fingerprint density at radius 1 is 1.10 bits per heavy atom. The summed E-state index contributed by atoms with van der Waals surface area (Å²) in [4.78, 5) is 27.5. The SMILES string of the molecule is COc1ccc(C)cc1NC(=O)CN1CCC(C(=O)c2ccc(CC(C)C)cc2)CC1. The van der Waals surface area contributed by atoms with Crippen molar-refractivity contribution in [1.82, 2.24) is 4.90 Å². The molecule has 1 N–H and O–H groups in total. The molecule has 3 rings (SSSR count). The van der Waals surface area contributed by atoms with Crippen LogP contribution in [0.25, 0.3) is 0 Å². The van der Waals surface area contributed by atoms with Crippen LogP contribution in [0.2, 0.25) is 0 Å². The normalized spacial score (nSPS) is 15.1. The van der Waals surface area contributed by atoms with Gasteiger partial charge in [0.05, 0.1) is 19.3 Å². The van der Waals surface area contributed by atoms with Gasteiger partial charge in [0.1, 0.15) is 5.75 Å². The van der Waals surface area contributed by atoms with Gasteiger partial charge in [0.2, 0.25) is 5.91 Å². The van der Waals surface area contributed by atoms with Gasteiger partial charge in [-0.15, -0.1) is 0 Å². The standard InChI is InChI=1S/C26H34N2O3/c1-18(2)15-20-6-8-21(9-7-20)26(30)22-11-13-28(14-12-22)17-25(29)27-23-16-19(3)5-10-24(23)31-4/h5-10,16,18,22H,11-15,17H2,1-4H3,(H,27,29). The third-order valence-electron chi connectivity index (χ3n) is 5.84. The number of ketones is 1. The first-order valence-electron chi connectivity index (χ1n) is 11.2. The van der Waals surface area contributed by atoms with E-state index in [9.17, 15) is 9.59 Å². The van der Waals surface area contributed by atoms with Crippen LogP contribution < -0.4 is 10.1 Å². The molecular formula is C26H34N2O3. The number of aryl methyl sites for hydroxylation is 1. The van der Waals surface area contributed by atoms with Crippen LogP contribution in [0, 0.1) is 18.8 Å². The number of Topliss-reactive ketones (excluding diaryl/α,β-unsaturated/α-hetero) is 1. The lowest BCUT2D eigenvalue weighted by Gasteiger charge is -2.30. The smallest absolute Gasteiger partial charge is 0.238 e. The van der Waals surface area contributed by atoms with Crippen molar-refractivity contribution in [3.8, 4) is 5.75 Å². The van der Waals surface area contributed by atoms with Crippen molar-refractivity contribution in [3.63, 3.8) is 0 Å². The number of methoxy groups -OCH3 is 1.